The Bertz CT molecular complexity index is 626. The number of nitrogens with one attached hydrogen (secondary N) is 1. The molecule has 0 spiro atoms. The third kappa shape index (κ3) is 3.04. The van der Waals surface area contributed by atoms with E-state index in [0.29, 0.717) is 18.0 Å². The first-order valence-corrected chi connectivity index (χ1v) is 9.20. The standard InChI is InChI=1S/C12H17N3O4S2/c16-11(17)8-4-6-15(7-5-8)21(18,19)14-12-13-9-2-1-3-10(9)20-12/h8H,1-7H2,(H,13,14)(H,16,17). The van der Waals surface area contributed by atoms with Crippen molar-refractivity contribution in [3.8, 4) is 0 Å². The second-order valence-electron chi connectivity index (χ2n) is 5.36. The minimum absolute atomic E-state index is 0.234. The number of fused-ring (bicyclic) bond motifs is 1. The monoisotopic (exact) mass is 331 g/mol. The van der Waals surface area contributed by atoms with Gasteiger partial charge in [-0.05, 0) is 32.1 Å². The fourth-order valence-corrected chi connectivity index (χ4v) is 5.22. The van der Waals surface area contributed by atoms with Gasteiger partial charge >= 0.3 is 16.2 Å². The average Bonchev–Trinajstić information content (AvgIpc) is 2.99. The molecule has 116 valence electrons. The summed E-state index contributed by atoms with van der Waals surface area (Å²) in [6.45, 7) is 0.467. The fraction of sp³-hybridized carbons (Fsp3) is 0.667. The summed E-state index contributed by atoms with van der Waals surface area (Å²) >= 11 is 1.40. The highest BCUT2D eigenvalue weighted by molar-refractivity contribution is 7.90. The number of hydrogen-bond donors (Lipinski definition) is 2. The summed E-state index contributed by atoms with van der Waals surface area (Å²) < 4.78 is 28.4. The molecule has 1 aliphatic heterocycles. The Balaban J connectivity index is 1.65. The van der Waals surface area contributed by atoms with E-state index in [9.17, 15) is 13.2 Å². The maximum atomic E-state index is 12.3. The number of aliphatic carboxylic acids is 1. The van der Waals surface area contributed by atoms with Crippen LogP contribution in [0.4, 0.5) is 5.13 Å². The Morgan fingerprint density at radius 2 is 2.05 bits per heavy atom. The van der Waals surface area contributed by atoms with Crippen LogP contribution in [0.1, 0.15) is 29.8 Å². The van der Waals surface area contributed by atoms with E-state index in [2.05, 4.69) is 9.71 Å². The van der Waals surface area contributed by atoms with Crippen LogP contribution in [0.5, 0.6) is 0 Å². The van der Waals surface area contributed by atoms with Crippen LogP contribution in [0.15, 0.2) is 0 Å². The van der Waals surface area contributed by atoms with Gasteiger partial charge in [0.15, 0.2) is 5.13 Å². The zero-order valence-electron chi connectivity index (χ0n) is 11.4. The van der Waals surface area contributed by atoms with Crippen molar-refractivity contribution in [2.75, 3.05) is 17.8 Å². The van der Waals surface area contributed by atoms with Gasteiger partial charge in [-0.1, -0.05) is 0 Å². The minimum atomic E-state index is -3.63. The third-order valence-corrected chi connectivity index (χ3v) is 6.65. The molecular weight excluding hydrogens is 314 g/mol. The number of aryl methyl sites for hydroxylation is 2. The largest absolute Gasteiger partial charge is 0.481 e. The maximum absolute atomic E-state index is 12.3. The summed E-state index contributed by atoms with van der Waals surface area (Å²) in [5.74, 6) is -1.29. The number of aromatic nitrogens is 1. The molecular formula is C12H17N3O4S2. The number of carboxylic acid groups (broad SMARTS) is 1. The van der Waals surface area contributed by atoms with E-state index in [1.54, 1.807) is 0 Å². The number of carboxylic acids is 1. The van der Waals surface area contributed by atoms with Gasteiger partial charge in [0.2, 0.25) is 0 Å². The summed E-state index contributed by atoms with van der Waals surface area (Å²) in [7, 11) is -3.63. The van der Waals surface area contributed by atoms with Crippen molar-refractivity contribution >= 4 is 32.6 Å². The normalized spacial score (nSPS) is 20.4. The van der Waals surface area contributed by atoms with Crippen molar-refractivity contribution in [1.29, 1.82) is 0 Å². The van der Waals surface area contributed by atoms with E-state index in [-0.39, 0.29) is 13.1 Å². The molecule has 1 aliphatic carbocycles. The van der Waals surface area contributed by atoms with E-state index >= 15 is 0 Å². The molecule has 0 unspecified atom stereocenters. The SMILES string of the molecule is O=C(O)C1CCN(S(=O)(=O)Nc2nc3c(s2)CCC3)CC1. The maximum Gasteiger partial charge on any atom is 0.306 e. The van der Waals surface area contributed by atoms with Crippen molar-refractivity contribution in [3.05, 3.63) is 10.6 Å². The van der Waals surface area contributed by atoms with Gasteiger partial charge in [0.25, 0.3) is 0 Å². The Labute approximate surface area is 127 Å². The molecule has 0 saturated carbocycles. The highest BCUT2D eigenvalue weighted by Crippen LogP contribution is 2.31. The number of thiazole rings is 1. The molecule has 0 atom stereocenters. The van der Waals surface area contributed by atoms with Gasteiger partial charge in [-0.15, -0.1) is 11.3 Å². The average molecular weight is 331 g/mol. The van der Waals surface area contributed by atoms with Gasteiger partial charge in [-0.2, -0.15) is 12.7 Å². The van der Waals surface area contributed by atoms with E-state index in [1.807, 2.05) is 0 Å². The van der Waals surface area contributed by atoms with E-state index in [0.717, 1.165) is 29.8 Å². The van der Waals surface area contributed by atoms with Gasteiger partial charge < -0.3 is 5.11 Å². The summed E-state index contributed by atoms with van der Waals surface area (Å²) in [4.78, 5) is 16.4. The van der Waals surface area contributed by atoms with Crippen LogP contribution >= 0.6 is 11.3 Å². The van der Waals surface area contributed by atoms with Crippen molar-refractivity contribution in [1.82, 2.24) is 9.29 Å². The summed E-state index contributed by atoms with van der Waals surface area (Å²) in [6.07, 6.45) is 3.68. The van der Waals surface area contributed by atoms with Crippen LogP contribution in [0.2, 0.25) is 0 Å². The lowest BCUT2D eigenvalue weighted by atomic mass is 9.99. The lowest BCUT2D eigenvalue weighted by Crippen LogP contribution is -2.42. The molecule has 0 amide bonds. The van der Waals surface area contributed by atoms with Crippen LogP contribution < -0.4 is 4.72 Å². The van der Waals surface area contributed by atoms with Crippen molar-refractivity contribution in [2.45, 2.75) is 32.1 Å². The molecule has 21 heavy (non-hydrogen) atoms. The van der Waals surface area contributed by atoms with Crippen molar-refractivity contribution in [2.24, 2.45) is 5.92 Å². The lowest BCUT2D eigenvalue weighted by Gasteiger charge is -2.28. The summed E-state index contributed by atoms with van der Waals surface area (Å²) in [5, 5.41) is 9.35. The molecule has 9 heteroatoms. The molecule has 2 aliphatic rings. The van der Waals surface area contributed by atoms with Gasteiger partial charge in [0.05, 0.1) is 11.6 Å². The molecule has 0 bridgehead atoms. The number of rotatable bonds is 4. The summed E-state index contributed by atoms with van der Waals surface area (Å²) in [6, 6.07) is 0. The van der Waals surface area contributed by atoms with Crippen LogP contribution in [-0.2, 0) is 27.8 Å². The number of piperidine rings is 1. The fourth-order valence-electron chi connectivity index (χ4n) is 2.75. The molecule has 2 N–H and O–H groups in total. The van der Waals surface area contributed by atoms with Crippen LogP contribution in [0, 0.1) is 5.92 Å². The minimum Gasteiger partial charge on any atom is -0.481 e. The van der Waals surface area contributed by atoms with Gasteiger partial charge in [0.1, 0.15) is 0 Å². The highest BCUT2D eigenvalue weighted by Gasteiger charge is 2.31. The molecule has 2 heterocycles. The number of anilines is 1. The van der Waals surface area contributed by atoms with Crippen molar-refractivity contribution in [3.63, 3.8) is 0 Å². The third-order valence-electron chi connectivity index (χ3n) is 3.96. The van der Waals surface area contributed by atoms with E-state index < -0.39 is 22.1 Å². The quantitative estimate of drug-likeness (QED) is 0.860. The van der Waals surface area contributed by atoms with Crippen LogP contribution in [0.25, 0.3) is 0 Å². The zero-order chi connectivity index (χ0) is 15.0. The van der Waals surface area contributed by atoms with Crippen LogP contribution in [0.3, 0.4) is 0 Å². The van der Waals surface area contributed by atoms with Crippen molar-refractivity contribution < 1.29 is 18.3 Å². The molecule has 0 aromatic carbocycles. The van der Waals surface area contributed by atoms with Gasteiger partial charge in [-0.25, -0.2) is 9.71 Å². The second-order valence-corrected chi connectivity index (χ2v) is 8.12. The molecule has 7 nitrogen and oxygen atoms in total. The molecule has 1 aromatic heterocycles. The number of hydrogen-bond acceptors (Lipinski definition) is 5. The Morgan fingerprint density at radius 1 is 1.33 bits per heavy atom. The van der Waals surface area contributed by atoms with E-state index in [4.69, 9.17) is 5.11 Å². The molecule has 1 aromatic rings. The molecule has 1 saturated heterocycles. The smallest absolute Gasteiger partial charge is 0.306 e. The molecule has 0 radical (unpaired) electrons. The number of nitrogens with zero attached hydrogens (tertiary/aromatic N) is 2. The number of carbonyl (C=O) groups is 1. The predicted molar refractivity (Wildman–Crippen MR) is 78.6 cm³/mol. The molecule has 1 fully saturated rings. The Hall–Kier alpha value is -1.19. The molecule has 3 rings (SSSR count). The zero-order valence-corrected chi connectivity index (χ0v) is 13.0. The Morgan fingerprint density at radius 3 is 2.67 bits per heavy atom. The first kappa shape index (κ1) is 14.7. The van der Waals surface area contributed by atoms with Gasteiger partial charge in [0, 0.05) is 18.0 Å². The lowest BCUT2D eigenvalue weighted by molar-refractivity contribution is -0.142. The van der Waals surface area contributed by atoms with Gasteiger partial charge in [-0.3, -0.25) is 4.79 Å². The van der Waals surface area contributed by atoms with Crippen LogP contribution in [-0.4, -0.2) is 41.9 Å². The highest BCUT2D eigenvalue weighted by atomic mass is 32.2. The predicted octanol–water partition coefficient (Wildman–Crippen LogP) is 1.09. The first-order valence-electron chi connectivity index (χ1n) is 6.95. The Kier molecular flexibility index (Phi) is 3.89. The second kappa shape index (κ2) is 5.54. The summed E-state index contributed by atoms with van der Waals surface area (Å²) in [5.41, 5.74) is 1.00. The van der Waals surface area contributed by atoms with E-state index in [1.165, 1.54) is 15.6 Å². The topological polar surface area (TPSA) is 99.6 Å². The first-order chi connectivity index (χ1) is 9.95.